The highest BCUT2D eigenvalue weighted by atomic mass is 31.2. The molecule has 2 atom stereocenters. The van der Waals surface area contributed by atoms with E-state index in [0.717, 1.165) is 44.9 Å². The van der Waals surface area contributed by atoms with Gasteiger partial charge in [0.15, 0.2) is 6.10 Å². The maximum atomic E-state index is 12.7. The third-order valence-corrected chi connectivity index (χ3v) is 15.2. The SMILES string of the molecule is CCCCCCC/C=C\C/C=C\C/C=C\CCCCCCCCCCCCCCCCCCCCC(=O)OC(COC(=O)CCCCCCCCCCC/C=C\CCCCCCCCCC)COP(=O)(O)OCCN. The molecule has 0 bridgehead atoms. The van der Waals surface area contributed by atoms with Crippen molar-refractivity contribution in [3.63, 3.8) is 0 Å². The van der Waals surface area contributed by atoms with Crippen LogP contribution in [0.1, 0.15) is 322 Å². The van der Waals surface area contributed by atoms with Gasteiger partial charge in [-0.25, -0.2) is 4.57 Å². The summed E-state index contributed by atoms with van der Waals surface area (Å²) in [5.74, 6) is -0.815. The Labute approximate surface area is 464 Å². The lowest BCUT2D eigenvalue weighted by atomic mass is 10.0. The highest BCUT2D eigenvalue weighted by molar-refractivity contribution is 7.47. The second kappa shape index (κ2) is 61.2. The number of hydrogen-bond acceptors (Lipinski definition) is 8. The monoisotopic (exact) mass is 1080 g/mol. The Morgan fingerprint density at radius 2 is 0.693 bits per heavy atom. The Morgan fingerprint density at radius 3 is 1.04 bits per heavy atom. The maximum Gasteiger partial charge on any atom is 0.472 e. The molecule has 10 heteroatoms. The number of phosphoric acid groups is 1. The minimum atomic E-state index is -4.39. The van der Waals surface area contributed by atoms with E-state index in [4.69, 9.17) is 24.3 Å². The normalized spacial score (nSPS) is 13.3. The van der Waals surface area contributed by atoms with Crippen molar-refractivity contribution in [2.75, 3.05) is 26.4 Å². The zero-order valence-corrected chi connectivity index (χ0v) is 50.2. The van der Waals surface area contributed by atoms with Crippen molar-refractivity contribution in [3.05, 3.63) is 48.6 Å². The molecule has 0 fully saturated rings. The van der Waals surface area contributed by atoms with Gasteiger partial charge in [-0.3, -0.25) is 18.6 Å². The number of ether oxygens (including phenoxy) is 2. The zero-order valence-electron chi connectivity index (χ0n) is 49.3. The molecule has 0 aliphatic rings. The summed E-state index contributed by atoms with van der Waals surface area (Å²) in [7, 11) is -4.39. The molecular formula is C65H122NO8P. The first kappa shape index (κ1) is 73.0. The number of nitrogens with two attached hydrogens (primary N) is 1. The molecule has 75 heavy (non-hydrogen) atoms. The van der Waals surface area contributed by atoms with Crippen LogP contribution in [0.2, 0.25) is 0 Å². The molecule has 0 heterocycles. The Hall–Kier alpha value is -2.03. The van der Waals surface area contributed by atoms with Crippen LogP contribution in [-0.2, 0) is 32.7 Å². The topological polar surface area (TPSA) is 134 Å². The summed E-state index contributed by atoms with van der Waals surface area (Å²) in [6, 6.07) is 0. The number of esters is 2. The van der Waals surface area contributed by atoms with Gasteiger partial charge in [-0.15, -0.1) is 0 Å². The third-order valence-electron chi connectivity index (χ3n) is 14.2. The quantitative estimate of drug-likeness (QED) is 0.0264. The molecule has 440 valence electrons. The first-order valence-electron chi connectivity index (χ1n) is 32.1. The maximum absolute atomic E-state index is 12.7. The summed E-state index contributed by atoms with van der Waals surface area (Å²) in [6.45, 7) is 3.78. The van der Waals surface area contributed by atoms with Crippen LogP contribution in [0.5, 0.6) is 0 Å². The van der Waals surface area contributed by atoms with Crippen molar-refractivity contribution in [1.82, 2.24) is 0 Å². The molecule has 0 aromatic rings. The Bertz CT molecular complexity index is 1370. The van der Waals surface area contributed by atoms with E-state index in [9.17, 15) is 19.0 Å². The van der Waals surface area contributed by atoms with Crippen LogP contribution in [0.4, 0.5) is 0 Å². The molecule has 0 aliphatic heterocycles. The van der Waals surface area contributed by atoms with Gasteiger partial charge in [-0.2, -0.15) is 0 Å². The first-order valence-corrected chi connectivity index (χ1v) is 33.6. The minimum Gasteiger partial charge on any atom is -0.462 e. The van der Waals surface area contributed by atoms with Gasteiger partial charge < -0.3 is 20.1 Å². The summed E-state index contributed by atoms with van der Waals surface area (Å²) in [6.07, 6.45) is 76.1. The van der Waals surface area contributed by atoms with E-state index in [-0.39, 0.29) is 38.6 Å². The summed E-state index contributed by atoms with van der Waals surface area (Å²) in [4.78, 5) is 35.3. The van der Waals surface area contributed by atoms with Crippen molar-refractivity contribution in [3.8, 4) is 0 Å². The molecular weight excluding hydrogens is 954 g/mol. The molecule has 0 aliphatic carbocycles. The summed E-state index contributed by atoms with van der Waals surface area (Å²) in [5, 5.41) is 0. The van der Waals surface area contributed by atoms with E-state index in [2.05, 4.69) is 62.5 Å². The number of rotatable bonds is 61. The minimum absolute atomic E-state index is 0.0540. The fourth-order valence-corrected chi connectivity index (χ4v) is 10.2. The number of allylic oxidation sites excluding steroid dienone is 8. The second-order valence-electron chi connectivity index (χ2n) is 21.6. The molecule has 0 amide bonds. The number of hydrogen-bond donors (Lipinski definition) is 2. The van der Waals surface area contributed by atoms with Crippen molar-refractivity contribution < 1.29 is 37.6 Å². The Balaban J connectivity index is 3.87. The molecule has 3 N–H and O–H groups in total. The number of phosphoric ester groups is 1. The fraction of sp³-hybridized carbons (Fsp3) is 0.846. The average molecular weight is 1080 g/mol. The van der Waals surface area contributed by atoms with Crippen LogP contribution in [-0.4, -0.2) is 49.3 Å². The second-order valence-corrected chi connectivity index (χ2v) is 23.1. The van der Waals surface area contributed by atoms with Crippen molar-refractivity contribution in [1.29, 1.82) is 0 Å². The van der Waals surface area contributed by atoms with Gasteiger partial charge in [-0.05, 0) is 77.0 Å². The predicted octanol–water partition coefficient (Wildman–Crippen LogP) is 20.5. The largest absolute Gasteiger partial charge is 0.472 e. The lowest BCUT2D eigenvalue weighted by molar-refractivity contribution is -0.161. The first-order chi connectivity index (χ1) is 36.8. The highest BCUT2D eigenvalue weighted by Crippen LogP contribution is 2.43. The van der Waals surface area contributed by atoms with Crippen molar-refractivity contribution in [2.45, 2.75) is 328 Å². The third kappa shape index (κ3) is 61.1. The van der Waals surface area contributed by atoms with Crippen LogP contribution in [0.25, 0.3) is 0 Å². The van der Waals surface area contributed by atoms with Gasteiger partial charge in [0, 0.05) is 19.4 Å². The standard InChI is InChI=1S/C65H122NO8P/c1-3-5-7-9-11-13-15-17-19-21-23-25-26-27-28-29-30-31-32-33-34-35-36-38-40-42-44-46-48-50-52-54-56-58-65(68)74-63(62-73-75(69,70)72-60-59-66)61-71-64(67)57-55-53-51-49-47-45-43-41-39-37-24-22-20-18-16-14-12-10-8-6-4-2/h15,17,21-24,26-27,63H,3-14,16,18-20,25,28-62,66H2,1-2H3,(H,69,70)/b17-15-,23-21-,24-22-,27-26-. The van der Waals surface area contributed by atoms with Gasteiger partial charge in [-0.1, -0.05) is 281 Å². The molecule has 0 saturated heterocycles. The zero-order chi connectivity index (χ0) is 54.5. The molecule has 2 unspecified atom stereocenters. The van der Waals surface area contributed by atoms with E-state index in [1.807, 2.05) is 0 Å². The van der Waals surface area contributed by atoms with E-state index in [1.54, 1.807) is 0 Å². The van der Waals surface area contributed by atoms with Crippen LogP contribution in [0, 0.1) is 0 Å². The molecule has 0 radical (unpaired) electrons. The van der Waals surface area contributed by atoms with Crippen LogP contribution < -0.4 is 5.73 Å². The van der Waals surface area contributed by atoms with E-state index < -0.39 is 26.5 Å². The van der Waals surface area contributed by atoms with Gasteiger partial charge in [0.1, 0.15) is 6.61 Å². The molecule has 0 aromatic carbocycles. The molecule has 0 saturated carbocycles. The van der Waals surface area contributed by atoms with E-state index >= 15 is 0 Å². The molecule has 9 nitrogen and oxygen atoms in total. The smallest absolute Gasteiger partial charge is 0.462 e. The number of carbonyl (C=O) groups excluding carboxylic acids is 2. The molecule has 0 spiro atoms. The Morgan fingerprint density at radius 1 is 0.400 bits per heavy atom. The lowest BCUT2D eigenvalue weighted by Crippen LogP contribution is -2.29. The number of carbonyl (C=O) groups is 2. The molecule has 0 rings (SSSR count). The van der Waals surface area contributed by atoms with Crippen molar-refractivity contribution >= 4 is 19.8 Å². The van der Waals surface area contributed by atoms with Crippen LogP contribution in [0.3, 0.4) is 0 Å². The van der Waals surface area contributed by atoms with Crippen molar-refractivity contribution in [2.24, 2.45) is 5.73 Å². The average Bonchev–Trinajstić information content (AvgIpc) is 3.40. The van der Waals surface area contributed by atoms with Gasteiger partial charge >= 0.3 is 19.8 Å². The summed E-state index contributed by atoms with van der Waals surface area (Å²) in [5.41, 5.74) is 5.39. The van der Waals surface area contributed by atoms with Gasteiger partial charge in [0.2, 0.25) is 0 Å². The summed E-state index contributed by atoms with van der Waals surface area (Å²) < 4.78 is 33.1. The van der Waals surface area contributed by atoms with Gasteiger partial charge in [0.05, 0.1) is 13.2 Å². The fourth-order valence-electron chi connectivity index (χ4n) is 9.41. The van der Waals surface area contributed by atoms with Gasteiger partial charge in [0.25, 0.3) is 0 Å². The van der Waals surface area contributed by atoms with E-state index in [1.165, 1.54) is 244 Å². The lowest BCUT2D eigenvalue weighted by Gasteiger charge is -2.19. The predicted molar refractivity (Wildman–Crippen MR) is 321 cm³/mol. The Kier molecular flexibility index (Phi) is 59.5. The summed E-state index contributed by atoms with van der Waals surface area (Å²) >= 11 is 0. The number of unbranched alkanes of at least 4 members (excludes halogenated alkanes) is 40. The van der Waals surface area contributed by atoms with Crippen LogP contribution >= 0.6 is 7.82 Å². The van der Waals surface area contributed by atoms with E-state index in [0.29, 0.717) is 6.42 Å². The highest BCUT2D eigenvalue weighted by Gasteiger charge is 2.26. The molecule has 0 aromatic heterocycles. The van der Waals surface area contributed by atoms with Crippen LogP contribution in [0.15, 0.2) is 48.6 Å².